The van der Waals surface area contributed by atoms with Crippen molar-refractivity contribution < 1.29 is 0 Å². The predicted molar refractivity (Wildman–Crippen MR) is 110 cm³/mol. The fourth-order valence-corrected chi connectivity index (χ4v) is 3.49. The Hall–Kier alpha value is -2.62. The molecule has 0 spiro atoms. The monoisotopic (exact) mass is 349 g/mol. The number of anilines is 1. The molecule has 0 aliphatic carbocycles. The first kappa shape index (κ1) is 18.2. The maximum absolute atomic E-state index is 11.9. The molecule has 4 nitrogen and oxygen atoms in total. The van der Waals surface area contributed by atoms with Gasteiger partial charge in [-0.15, -0.1) is 0 Å². The first-order valence-corrected chi connectivity index (χ1v) is 9.66. The van der Waals surface area contributed by atoms with E-state index in [1.807, 2.05) is 38.1 Å². The topological polar surface area (TPSA) is 49.0 Å². The van der Waals surface area contributed by atoms with E-state index in [-0.39, 0.29) is 5.56 Å². The largest absolute Gasteiger partial charge is 0.372 e. The van der Waals surface area contributed by atoms with E-state index in [1.54, 1.807) is 0 Å². The molecule has 4 heteroatoms. The summed E-state index contributed by atoms with van der Waals surface area (Å²) in [7, 11) is 0. The summed E-state index contributed by atoms with van der Waals surface area (Å²) < 4.78 is 0. The summed E-state index contributed by atoms with van der Waals surface area (Å²) in [6.07, 6.45) is 5.21. The highest BCUT2D eigenvalue weighted by atomic mass is 16.1. The van der Waals surface area contributed by atoms with Crippen LogP contribution in [0.15, 0.2) is 53.3 Å². The molecule has 0 amide bonds. The third-order valence-corrected chi connectivity index (χ3v) is 4.81. The van der Waals surface area contributed by atoms with Gasteiger partial charge in [-0.3, -0.25) is 4.79 Å². The highest BCUT2D eigenvalue weighted by Gasteiger charge is 2.12. The summed E-state index contributed by atoms with van der Waals surface area (Å²) in [5.74, 6) is 0. The number of fused-ring (bicyclic) bond motifs is 1. The quantitative estimate of drug-likeness (QED) is 0.708. The molecule has 0 saturated carbocycles. The van der Waals surface area contributed by atoms with Gasteiger partial charge in [-0.2, -0.15) is 5.10 Å². The molecule has 26 heavy (non-hydrogen) atoms. The van der Waals surface area contributed by atoms with Crippen LogP contribution in [0.5, 0.6) is 0 Å². The Morgan fingerprint density at radius 2 is 1.46 bits per heavy atom. The van der Waals surface area contributed by atoms with Crippen LogP contribution in [0, 0.1) is 0 Å². The fourth-order valence-electron chi connectivity index (χ4n) is 3.49. The average molecular weight is 349 g/mol. The van der Waals surface area contributed by atoms with Gasteiger partial charge in [0.2, 0.25) is 0 Å². The van der Waals surface area contributed by atoms with Crippen LogP contribution in [0.2, 0.25) is 0 Å². The maximum Gasteiger partial charge on any atom is 0.272 e. The Labute approximate surface area is 154 Å². The van der Waals surface area contributed by atoms with Gasteiger partial charge >= 0.3 is 0 Å². The summed E-state index contributed by atoms with van der Waals surface area (Å²) in [5.41, 5.74) is 2.98. The Morgan fingerprint density at radius 1 is 0.846 bits per heavy atom. The third-order valence-electron chi connectivity index (χ3n) is 4.81. The smallest absolute Gasteiger partial charge is 0.272 e. The first-order chi connectivity index (χ1) is 12.8. The second-order valence-electron chi connectivity index (χ2n) is 6.40. The van der Waals surface area contributed by atoms with Crippen LogP contribution in [0.4, 0.5) is 5.69 Å². The number of hydrogen-bond acceptors (Lipinski definition) is 3. The van der Waals surface area contributed by atoms with Gasteiger partial charge in [-0.25, -0.2) is 5.10 Å². The summed E-state index contributed by atoms with van der Waals surface area (Å²) in [6, 6.07) is 16.2. The fraction of sp³-hybridized carbons (Fsp3) is 0.364. The Balaban J connectivity index is 0.000000948. The number of aromatic nitrogens is 2. The van der Waals surface area contributed by atoms with Crippen molar-refractivity contribution in [3.8, 4) is 11.3 Å². The molecule has 2 aromatic carbocycles. The van der Waals surface area contributed by atoms with Crippen molar-refractivity contribution >= 4 is 16.5 Å². The van der Waals surface area contributed by atoms with E-state index in [0.717, 1.165) is 29.7 Å². The lowest BCUT2D eigenvalue weighted by atomic mass is 10.0. The van der Waals surface area contributed by atoms with Crippen LogP contribution in [0.25, 0.3) is 22.0 Å². The highest BCUT2D eigenvalue weighted by Crippen LogP contribution is 2.27. The van der Waals surface area contributed by atoms with Crippen molar-refractivity contribution in [2.75, 3.05) is 18.0 Å². The van der Waals surface area contributed by atoms with E-state index < -0.39 is 0 Å². The van der Waals surface area contributed by atoms with Gasteiger partial charge in [0.15, 0.2) is 0 Å². The first-order valence-electron chi connectivity index (χ1n) is 9.66. The number of H-pyrrole nitrogens is 1. The standard InChI is InChI=1S/C20H21N3O.C2H6/c24-20-18-8-4-3-7-17(18)19(21-22-20)15-9-11-16(12-10-15)23-13-5-1-2-6-14-23;1-2/h3-4,7-12H,1-2,5-6,13-14H2,(H,22,24);1-2H3. The average Bonchev–Trinajstić information content (AvgIpc) is 3.00. The molecule has 1 aliphatic heterocycles. The molecule has 136 valence electrons. The number of hydrogen-bond donors (Lipinski definition) is 1. The summed E-state index contributed by atoms with van der Waals surface area (Å²) in [5, 5.41) is 8.47. The number of benzene rings is 2. The summed E-state index contributed by atoms with van der Waals surface area (Å²) >= 11 is 0. The molecule has 1 N–H and O–H groups in total. The van der Waals surface area contributed by atoms with Gasteiger partial charge in [0, 0.05) is 29.7 Å². The Kier molecular flexibility index (Phi) is 6.05. The summed E-state index contributed by atoms with van der Waals surface area (Å²) in [6.45, 7) is 6.28. The minimum atomic E-state index is -0.143. The highest BCUT2D eigenvalue weighted by molar-refractivity contribution is 5.93. The lowest BCUT2D eigenvalue weighted by Gasteiger charge is -2.22. The summed E-state index contributed by atoms with van der Waals surface area (Å²) in [4.78, 5) is 14.4. The normalized spacial score (nSPS) is 14.5. The predicted octanol–water partition coefficient (Wildman–Crippen LogP) is 5.00. The van der Waals surface area contributed by atoms with Crippen molar-refractivity contribution in [1.29, 1.82) is 0 Å². The molecule has 3 aromatic rings. The molecular weight excluding hydrogens is 322 g/mol. The van der Waals surface area contributed by atoms with E-state index in [2.05, 4.69) is 39.4 Å². The molecule has 4 rings (SSSR count). The molecule has 0 unspecified atom stereocenters. The second kappa shape index (κ2) is 8.65. The van der Waals surface area contributed by atoms with Gasteiger partial charge in [-0.05, 0) is 31.0 Å². The SMILES string of the molecule is CC.O=c1[nH]nc(-c2ccc(N3CCCCCC3)cc2)c2ccccc12. The minimum absolute atomic E-state index is 0.143. The van der Waals surface area contributed by atoms with Crippen LogP contribution in [-0.4, -0.2) is 23.3 Å². The van der Waals surface area contributed by atoms with Gasteiger partial charge in [-0.1, -0.05) is 57.0 Å². The molecule has 2 heterocycles. The zero-order valence-electron chi connectivity index (χ0n) is 15.7. The van der Waals surface area contributed by atoms with Crippen LogP contribution >= 0.6 is 0 Å². The van der Waals surface area contributed by atoms with Crippen molar-refractivity contribution in [2.24, 2.45) is 0 Å². The number of nitrogens with one attached hydrogen (secondary N) is 1. The van der Waals surface area contributed by atoms with E-state index in [4.69, 9.17) is 0 Å². The van der Waals surface area contributed by atoms with E-state index in [0.29, 0.717) is 5.39 Å². The van der Waals surface area contributed by atoms with Crippen LogP contribution in [0.3, 0.4) is 0 Å². The van der Waals surface area contributed by atoms with Gasteiger partial charge in [0.25, 0.3) is 5.56 Å². The Morgan fingerprint density at radius 3 is 2.12 bits per heavy atom. The molecule has 1 aromatic heterocycles. The molecule has 1 aliphatic rings. The van der Waals surface area contributed by atoms with Crippen molar-refractivity contribution in [1.82, 2.24) is 10.2 Å². The van der Waals surface area contributed by atoms with Gasteiger partial charge in [0.05, 0.1) is 11.1 Å². The second-order valence-corrected chi connectivity index (χ2v) is 6.40. The maximum atomic E-state index is 11.9. The van der Waals surface area contributed by atoms with Crippen molar-refractivity contribution in [2.45, 2.75) is 39.5 Å². The molecular formula is C22H27N3O. The zero-order chi connectivity index (χ0) is 18.4. The van der Waals surface area contributed by atoms with Gasteiger partial charge in [0.1, 0.15) is 0 Å². The van der Waals surface area contributed by atoms with Crippen LogP contribution in [-0.2, 0) is 0 Å². The minimum Gasteiger partial charge on any atom is -0.372 e. The van der Waals surface area contributed by atoms with Crippen molar-refractivity contribution in [3.63, 3.8) is 0 Å². The number of nitrogens with zero attached hydrogens (tertiary/aromatic N) is 2. The Bertz CT molecular complexity index is 891. The third kappa shape index (κ3) is 3.79. The molecule has 1 fully saturated rings. The lowest BCUT2D eigenvalue weighted by molar-refractivity contribution is 0.726. The van der Waals surface area contributed by atoms with Crippen molar-refractivity contribution in [3.05, 3.63) is 58.9 Å². The molecule has 0 atom stereocenters. The van der Waals surface area contributed by atoms with E-state index in [1.165, 1.54) is 31.4 Å². The van der Waals surface area contributed by atoms with Crippen LogP contribution in [0.1, 0.15) is 39.5 Å². The number of aromatic amines is 1. The van der Waals surface area contributed by atoms with E-state index >= 15 is 0 Å². The van der Waals surface area contributed by atoms with Crippen LogP contribution < -0.4 is 10.5 Å². The molecule has 0 bridgehead atoms. The van der Waals surface area contributed by atoms with E-state index in [9.17, 15) is 4.79 Å². The molecule has 1 saturated heterocycles. The zero-order valence-corrected chi connectivity index (χ0v) is 15.7. The van der Waals surface area contributed by atoms with Gasteiger partial charge < -0.3 is 4.90 Å². The lowest BCUT2D eigenvalue weighted by Crippen LogP contribution is -2.23. The molecule has 0 radical (unpaired) electrons. The number of rotatable bonds is 2.